The summed E-state index contributed by atoms with van der Waals surface area (Å²) in [5, 5.41) is 10.6. The van der Waals surface area contributed by atoms with Crippen LogP contribution in [0.15, 0.2) is 24.3 Å². The first kappa shape index (κ1) is 20.7. The van der Waals surface area contributed by atoms with Gasteiger partial charge in [0.2, 0.25) is 0 Å². The van der Waals surface area contributed by atoms with Gasteiger partial charge in [-0.1, -0.05) is 19.8 Å². The Kier molecular flexibility index (Phi) is 9.72. The SMILES string of the molecule is CCCCCN1CCC(CCOc2ccc([N+](=O)[O-])cc2)CC1.Cl. The van der Waals surface area contributed by atoms with E-state index in [4.69, 9.17) is 4.74 Å². The van der Waals surface area contributed by atoms with Crippen LogP contribution in [0.4, 0.5) is 5.69 Å². The molecule has 5 nitrogen and oxygen atoms in total. The van der Waals surface area contributed by atoms with E-state index in [1.807, 2.05) is 0 Å². The standard InChI is InChI=1S/C18H28N2O3.ClH/c1-2-3-4-12-19-13-9-16(10-14-19)11-15-23-18-7-5-17(6-8-18)20(21)22;/h5-8,16H,2-4,9-15H2,1H3;1H. The molecular weight excluding hydrogens is 328 g/mol. The molecule has 2 rings (SSSR count). The Balaban J connectivity index is 0.00000288. The molecule has 24 heavy (non-hydrogen) atoms. The van der Waals surface area contributed by atoms with Crippen molar-refractivity contribution in [3.8, 4) is 5.75 Å². The van der Waals surface area contributed by atoms with Crippen LogP contribution >= 0.6 is 12.4 Å². The van der Waals surface area contributed by atoms with Crippen LogP contribution in [-0.4, -0.2) is 36.1 Å². The molecule has 136 valence electrons. The van der Waals surface area contributed by atoms with Crippen molar-refractivity contribution in [3.63, 3.8) is 0 Å². The van der Waals surface area contributed by atoms with Crippen LogP contribution in [-0.2, 0) is 0 Å². The Morgan fingerprint density at radius 1 is 1.21 bits per heavy atom. The average molecular weight is 357 g/mol. The Labute approximate surface area is 150 Å². The van der Waals surface area contributed by atoms with Gasteiger partial charge in [-0.15, -0.1) is 12.4 Å². The van der Waals surface area contributed by atoms with Crippen molar-refractivity contribution < 1.29 is 9.66 Å². The summed E-state index contributed by atoms with van der Waals surface area (Å²) in [6.45, 7) is 6.62. The first-order valence-corrected chi connectivity index (χ1v) is 8.78. The van der Waals surface area contributed by atoms with Gasteiger partial charge in [0.05, 0.1) is 11.5 Å². The molecule has 0 aromatic heterocycles. The number of ether oxygens (including phenoxy) is 1. The summed E-state index contributed by atoms with van der Waals surface area (Å²) < 4.78 is 5.71. The van der Waals surface area contributed by atoms with Gasteiger partial charge in [0, 0.05) is 12.1 Å². The summed E-state index contributed by atoms with van der Waals surface area (Å²) in [5.41, 5.74) is 0.104. The van der Waals surface area contributed by atoms with E-state index in [0.29, 0.717) is 12.4 Å². The molecule has 1 aliphatic rings. The largest absolute Gasteiger partial charge is 0.494 e. The van der Waals surface area contributed by atoms with Crippen molar-refractivity contribution in [2.24, 2.45) is 5.92 Å². The van der Waals surface area contributed by atoms with Crippen molar-refractivity contribution >= 4 is 18.1 Å². The van der Waals surface area contributed by atoms with E-state index in [2.05, 4.69) is 11.8 Å². The number of hydrogen-bond acceptors (Lipinski definition) is 4. The first-order valence-electron chi connectivity index (χ1n) is 8.78. The monoisotopic (exact) mass is 356 g/mol. The van der Waals surface area contributed by atoms with Crippen LogP contribution in [0.5, 0.6) is 5.75 Å². The first-order chi connectivity index (χ1) is 11.2. The van der Waals surface area contributed by atoms with Gasteiger partial charge in [0.1, 0.15) is 5.75 Å². The highest BCUT2D eigenvalue weighted by Gasteiger charge is 2.18. The van der Waals surface area contributed by atoms with Gasteiger partial charge in [-0.25, -0.2) is 0 Å². The van der Waals surface area contributed by atoms with Gasteiger partial charge in [0.15, 0.2) is 0 Å². The Morgan fingerprint density at radius 3 is 2.46 bits per heavy atom. The average Bonchev–Trinajstić information content (AvgIpc) is 2.57. The molecular formula is C18H29ClN2O3. The van der Waals surface area contributed by atoms with E-state index in [9.17, 15) is 10.1 Å². The van der Waals surface area contributed by atoms with Gasteiger partial charge in [-0.3, -0.25) is 10.1 Å². The number of nitrogens with zero attached hydrogens (tertiary/aromatic N) is 2. The third kappa shape index (κ3) is 7.05. The highest BCUT2D eigenvalue weighted by Crippen LogP contribution is 2.22. The fourth-order valence-electron chi connectivity index (χ4n) is 3.09. The van der Waals surface area contributed by atoms with Crippen LogP contribution in [0.25, 0.3) is 0 Å². The molecule has 0 amide bonds. The molecule has 1 aliphatic heterocycles. The molecule has 0 unspecified atom stereocenters. The van der Waals surface area contributed by atoms with Crippen LogP contribution in [0.3, 0.4) is 0 Å². The number of rotatable bonds is 9. The van der Waals surface area contributed by atoms with Gasteiger partial charge in [-0.2, -0.15) is 0 Å². The number of nitro groups is 1. The molecule has 0 spiro atoms. The molecule has 1 saturated heterocycles. The molecule has 0 radical (unpaired) electrons. The smallest absolute Gasteiger partial charge is 0.269 e. The topological polar surface area (TPSA) is 55.6 Å². The van der Waals surface area contributed by atoms with E-state index in [-0.39, 0.29) is 18.1 Å². The van der Waals surface area contributed by atoms with Crippen LogP contribution < -0.4 is 4.74 Å². The number of likely N-dealkylation sites (tertiary alicyclic amines) is 1. The maximum Gasteiger partial charge on any atom is 0.269 e. The van der Waals surface area contributed by atoms with Gasteiger partial charge in [-0.05, 0) is 63.4 Å². The van der Waals surface area contributed by atoms with Crippen LogP contribution in [0.2, 0.25) is 0 Å². The summed E-state index contributed by atoms with van der Waals surface area (Å²) in [5.74, 6) is 1.46. The number of halogens is 1. The van der Waals surface area contributed by atoms with Gasteiger partial charge < -0.3 is 9.64 Å². The van der Waals surface area contributed by atoms with E-state index in [0.717, 1.165) is 12.3 Å². The molecule has 0 atom stereocenters. The Bertz CT molecular complexity index is 474. The Morgan fingerprint density at radius 2 is 1.88 bits per heavy atom. The second-order valence-corrected chi connectivity index (χ2v) is 6.38. The number of benzene rings is 1. The van der Waals surface area contributed by atoms with Gasteiger partial charge >= 0.3 is 0 Å². The summed E-state index contributed by atoms with van der Waals surface area (Å²) in [6, 6.07) is 6.33. The summed E-state index contributed by atoms with van der Waals surface area (Å²) in [6.07, 6.45) is 7.54. The minimum atomic E-state index is -0.391. The molecule has 1 heterocycles. The molecule has 0 N–H and O–H groups in total. The molecule has 1 aromatic carbocycles. The third-order valence-electron chi connectivity index (χ3n) is 4.63. The lowest BCUT2D eigenvalue weighted by Gasteiger charge is -2.31. The maximum atomic E-state index is 10.6. The second-order valence-electron chi connectivity index (χ2n) is 6.38. The quantitative estimate of drug-likeness (QED) is 0.366. The number of piperidine rings is 1. The summed E-state index contributed by atoms with van der Waals surface area (Å²) in [4.78, 5) is 12.8. The normalized spacial score (nSPS) is 15.7. The molecule has 1 aromatic rings. The fourth-order valence-corrected chi connectivity index (χ4v) is 3.09. The van der Waals surface area contributed by atoms with Crippen molar-refractivity contribution in [1.82, 2.24) is 4.90 Å². The van der Waals surface area contributed by atoms with Crippen LogP contribution in [0, 0.1) is 16.0 Å². The number of non-ortho nitro benzene ring substituents is 1. The predicted octanol–water partition coefficient (Wildman–Crippen LogP) is 4.69. The van der Waals surface area contributed by atoms with E-state index >= 15 is 0 Å². The highest BCUT2D eigenvalue weighted by molar-refractivity contribution is 5.85. The fraction of sp³-hybridized carbons (Fsp3) is 0.667. The van der Waals surface area contributed by atoms with Gasteiger partial charge in [0.25, 0.3) is 5.69 Å². The molecule has 0 aliphatic carbocycles. The maximum absolute atomic E-state index is 10.6. The van der Waals surface area contributed by atoms with E-state index in [1.165, 1.54) is 63.9 Å². The van der Waals surface area contributed by atoms with Crippen molar-refractivity contribution in [3.05, 3.63) is 34.4 Å². The minimum Gasteiger partial charge on any atom is -0.494 e. The zero-order valence-electron chi connectivity index (χ0n) is 14.5. The number of unbranched alkanes of at least 4 members (excludes halogenated alkanes) is 2. The van der Waals surface area contributed by atoms with Crippen LogP contribution in [0.1, 0.15) is 45.4 Å². The molecule has 6 heteroatoms. The third-order valence-corrected chi connectivity index (χ3v) is 4.63. The summed E-state index contributed by atoms with van der Waals surface area (Å²) >= 11 is 0. The predicted molar refractivity (Wildman–Crippen MR) is 99.1 cm³/mol. The van der Waals surface area contributed by atoms with E-state index < -0.39 is 4.92 Å². The Hall–Kier alpha value is -1.33. The molecule has 1 fully saturated rings. The van der Waals surface area contributed by atoms with Crippen molar-refractivity contribution in [2.75, 3.05) is 26.2 Å². The lowest BCUT2D eigenvalue weighted by Crippen LogP contribution is -2.34. The second kappa shape index (κ2) is 11.3. The highest BCUT2D eigenvalue weighted by atomic mass is 35.5. The number of hydrogen-bond donors (Lipinski definition) is 0. The number of nitro benzene ring substituents is 1. The van der Waals surface area contributed by atoms with E-state index in [1.54, 1.807) is 12.1 Å². The van der Waals surface area contributed by atoms with Crippen molar-refractivity contribution in [1.29, 1.82) is 0 Å². The minimum absolute atomic E-state index is 0. The van der Waals surface area contributed by atoms with Crippen molar-refractivity contribution in [2.45, 2.75) is 45.4 Å². The lowest BCUT2D eigenvalue weighted by molar-refractivity contribution is -0.384. The zero-order chi connectivity index (χ0) is 16.5. The lowest BCUT2D eigenvalue weighted by atomic mass is 9.94. The zero-order valence-corrected chi connectivity index (χ0v) is 15.3. The summed E-state index contributed by atoms with van der Waals surface area (Å²) in [7, 11) is 0. The molecule has 0 saturated carbocycles. The molecule has 0 bridgehead atoms.